The van der Waals surface area contributed by atoms with Gasteiger partial charge in [-0.1, -0.05) is 29.4 Å². The van der Waals surface area contributed by atoms with Crippen LogP contribution in [0.5, 0.6) is 0 Å². The van der Waals surface area contributed by atoms with Crippen molar-refractivity contribution in [3.05, 3.63) is 29.3 Å². The normalized spacial score (nSPS) is 17.3. The molecule has 4 rings (SSSR count). The van der Waals surface area contributed by atoms with Gasteiger partial charge in [0.2, 0.25) is 11.9 Å². The van der Waals surface area contributed by atoms with Crippen molar-refractivity contribution in [2.24, 2.45) is 0 Å². The molecule has 2 aliphatic heterocycles. The summed E-state index contributed by atoms with van der Waals surface area (Å²) in [6.45, 7) is 3.76. The zero-order valence-corrected chi connectivity index (χ0v) is 16.9. The SMILES string of the molecule is O=C1CCCN1CCCSc1nnc(N2CCCC2)n1-c1cccc(Cl)c1. The highest BCUT2D eigenvalue weighted by atomic mass is 35.5. The predicted molar refractivity (Wildman–Crippen MR) is 109 cm³/mol. The largest absolute Gasteiger partial charge is 0.343 e. The average molecular weight is 406 g/mol. The molecule has 2 fully saturated rings. The minimum absolute atomic E-state index is 0.290. The third kappa shape index (κ3) is 4.24. The van der Waals surface area contributed by atoms with E-state index < -0.39 is 0 Å². The molecule has 0 spiro atoms. The number of anilines is 1. The molecule has 2 aromatic rings. The summed E-state index contributed by atoms with van der Waals surface area (Å²) in [4.78, 5) is 16.0. The van der Waals surface area contributed by atoms with Crippen molar-refractivity contribution >= 4 is 35.2 Å². The smallest absolute Gasteiger partial charge is 0.232 e. The van der Waals surface area contributed by atoms with E-state index in [1.807, 2.05) is 29.2 Å². The molecule has 144 valence electrons. The highest BCUT2D eigenvalue weighted by Gasteiger charge is 2.23. The Morgan fingerprint density at radius 3 is 2.70 bits per heavy atom. The Bertz CT molecular complexity index is 805. The van der Waals surface area contributed by atoms with E-state index in [0.717, 1.165) is 61.6 Å². The van der Waals surface area contributed by atoms with Crippen LogP contribution in [0, 0.1) is 0 Å². The van der Waals surface area contributed by atoms with E-state index in [1.165, 1.54) is 12.8 Å². The zero-order chi connectivity index (χ0) is 18.6. The Morgan fingerprint density at radius 2 is 1.96 bits per heavy atom. The fourth-order valence-corrected chi connectivity index (χ4v) is 4.73. The highest BCUT2D eigenvalue weighted by molar-refractivity contribution is 7.99. The topological polar surface area (TPSA) is 54.3 Å². The molecule has 0 N–H and O–H groups in total. The Morgan fingerprint density at radius 1 is 1.11 bits per heavy atom. The van der Waals surface area contributed by atoms with Crippen molar-refractivity contribution in [2.75, 3.05) is 36.8 Å². The van der Waals surface area contributed by atoms with E-state index in [-0.39, 0.29) is 0 Å². The van der Waals surface area contributed by atoms with Crippen LogP contribution in [0.25, 0.3) is 5.69 Å². The molecule has 3 heterocycles. The summed E-state index contributed by atoms with van der Waals surface area (Å²) in [7, 11) is 0. The summed E-state index contributed by atoms with van der Waals surface area (Å²) in [6, 6.07) is 7.84. The molecule has 0 saturated carbocycles. The minimum atomic E-state index is 0.290. The molecule has 27 heavy (non-hydrogen) atoms. The van der Waals surface area contributed by atoms with Crippen molar-refractivity contribution in [3.63, 3.8) is 0 Å². The summed E-state index contributed by atoms with van der Waals surface area (Å²) in [6.07, 6.45) is 5.03. The third-order valence-electron chi connectivity index (χ3n) is 5.05. The maximum atomic E-state index is 11.7. The number of rotatable bonds is 7. The quantitative estimate of drug-likeness (QED) is 0.520. The van der Waals surface area contributed by atoms with Gasteiger partial charge in [0, 0.05) is 43.4 Å². The van der Waals surface area contributed by atoms with Gasteiger partial charge in [-0.2, -0.15) is 0 Å². The highest BCUT2D eigenvalue weighted by Crippen LogP contribution is 2.30. The Labute approximate surface area is 168 Å². The first-order valence-corrected chi connectivity index (χ1v) is 11.0. The summed E-state index contributed by atoms with van der Waals surface area (Å²) in [5.74, 6) is 2.09. The number of hydrogen-bond donors (Lipinski definition) is 0. The van der Waals surface area contributed by atoms with Gasteiger partial charge >= 0.3 is 0 Å². The van der Waals surface area contributed by atoms with Gasteiger partial charge in [-0.15, -0.1) is 10.2 Å². The number of nitrogens with zero attached hydrogens (tertiary/aromatic N) is 5. The molecular weight excluding hydrogens is 382 g/mol. The lowest BCUT2D eigenvalue weighted by Gasteiger charge is -2.18. The Hall–Kier alpha value is -1.73. The van der Waals surface area contributed by atoms with Crippen LogP contribution >= 0.6 is 23.4 Å². The van der Waals surface area contributed by atoms with Gasteiger partial charge in [0.25, 0.3) is 0 Å². The number of hydrogen-bond acceptors (Lipinski definition) is 5. The van der Waals surface area contributed by atoms with Crippen LogP contribution in [0.3, 0.4) is 0 Å². The molecule has 2 saturated heterocycles. The minimum Gasteiger partial charge on any atom is -0.343 e. The average Bonchev–Trinajstić information content (AvgIpc) is 3.40. The second-order valence-electron chi connectivity index (χ2n) is 6.98. The fraction of sp³-hybridized carbons (Fsp3) is 0.526. The monoisotopic (exact) mass is 405 g/mol. The van der Waals surface area contributed by atoms with Crippen molar-refractivity contribution < 1.29 is 4.79 Å². The van der Waals surface area contributed by atoms with Crippen molar-refractivity contribution in [3.8, 4) is 5.69 Å². The summed E-state index contributed by atoms with van der Waals surface area (Å²) < 4.78 is 2.11. The zero-order valence-electron chi connectivity index (χ0n) is 15.3. The van der Waals surface area contributed by atoms with E-state index in [0.29, 0.717) is 17.4 Å². The van der Waals surface area contributed by atoms with E-state index in [9.17, 15) is 4.79 Å². The molecular formula is C19H24ClN5OS. The predicted octanol–water partition coefficient (Wildman–Crippen LogP) is 3.63. The molecule has 8 heteroatoms. The molecule has 0 radical (unpaired) electrons. The van der Waals surface area contributed by atoms with Gasteiger partial charge in [-0.05, 0) is 43.9 Å². The summed E-state index contributed by atoms with van der Waals surface area (Å²) >= 11 is 7.92. The molecule has 0 unspecified atom stereocenters. The number of carbonyl (C=O) groups is 1. The molecule has 1 amide bonds. The summed E-state index contributed by atoms with van der Waals surface area (Å²) in [5.41, 5.74) is 0.992. The molecule has 1 aromatic heterocycles. The van der Waals surface area contributed by atoms with Crippen LogP contribution in [-0.2, 0) is 4.79 Å². The van der Waals surface area contributed by atoms with E-state index in [4.69, 9.17) is 11.6 Å². The van der Waals surface area contributed by atoms with Gasteiger partial charge in [0.05, 0.1) is 5.69 Å². The van der Waals surface area contributed by atoms with E-state index in [2.05, 4.69) is 19.7 Å². The number of benzene rings is 1. The van der Waals surface area contributed by atoms with Crippen LogP contribution in [-0.4, -0.2) is 57.5 Å². The first-order chi connectivity index (χ1) is 13.2. The lowest BCUT2D eigenvalue weighted by Crippen LogP contribution is -2.25. The van der Waals surface area contributed by atoms with Crippen LogP contribution in [0.1, 0.15) is 32.1 Å². The van der Waals surface area contributed by atoms with Gasteiger partial charge in [0.15, 0.2) is 5.16 Å². The second-order valence-corrected chi connectivity index (χ2v) is 8.48. The number of thioether (sulfide) groups is 1. The van der Waals surface area contributed by atoms with Gasteiger partial charge in [0.1, 0.15) is 0 Å². The molecule has 6 nitrogen and oxygen atoms in total. The van der Waals surface area contributed by atoms with Crippen LogP contribution < -0.4 is 4.90 Å². The number of amides is 1. The number of carbonyl (C=O) groups excluding carboxylic acids is 1. The van der Waals surface area contributed by atoms with Crippen molar-refractivity contribution in [2.45, 2.75) is 37.3 Å². The lowest BCUT2D eigenvalue weighted by atomic mass is 10.3. The number of aromatic nitrogens is 3. The maximum Gasteiger partial charge on any atom is 0.232 e. The van der Waals surface area contributed by atoms with Crippen LogP contribution in [0.15, 0.2) is 29.4 Å². The van der Waals surface area contributed by atoms with Gasteiger partial charge in [-0.25, -0.2) is 0 Å². The Kier molecular flexibility index (Phi) is 5.88. The van der Waals surface area contributed by atoms with Crippen molar-refractivity contribution in [1.82, 2.24) is 19.7 Å². The number of likely N-dealkylation sites (tertiary alicyclic amines) is 1. The van der Waals surface area contributed by atoms with E-state index in [1.54, 1.807) is 11.8 Å². The molecule has 0 atom stereocenters. The molecule has 0 bridgehead atoms. The first kappa shape index (κ1) is 18.6. The van der Waals surface area contributed by atoms with Gasteiger partial charge < -0.3 is 9.80 Å². The maximum absolute atomic E-state index is 11.7. The van der Waals surface area contributed by atoms with Gasteiger partial charge in [-0.3, -0.25) is 9.36 Å². The first-order valence-electron chi connectivity index (χ1n) is 9.59. The molecule has 2 aliphatic rings. The molecule has 1 aromatic carbocycles. The number of halogens is 1. The van der Waals surface area contributed by atoms with Crippen LogP contribution in [0.2, 0.25) is 5.02 Å². The summed E-state index contributed by atoms with van der Waals surface area (Å²) in [5, 5.41) is 10.5. The molecule has 0 aliphatic carbocycles. The second kappa shape index (κ2) is 8.52. The lowest BCUT2D eigenvalue weighted by molar-refractivity contribution is -0.127. The van der Waals surface area contributed by atoms with Crippen LogP contribution in [0.4, 0.5) is 5.95 Å². The fourth-order valence-electron chi connectivity index (χ4n) is 3.68. The van der Waals surface area contributed by atoms with E-state index >= 15 is 0 Å². The standard InChI is InChI=1S/C19H24ClN5OS/c20-15-6-3-7-16(14-15)25-18(24-9-1-2-10-24)21-22-19(25)27-13-5-12-23-11-4-8-17(23)26/h3,6-7,14H,1-2,4-5,8-13H2. The Balaban J connectivity index is 1.49. The third-order valence-corrected chi connectivity index (χ3v) is 6.30. The van der Waals surface area contributed by atoms with Crippen molar-refractivity contribution in [1.29, 1.82) is 0 Å².